The Morgan fingerprint density at radius 2 is 1.79 bits per heavy atom. The van der Waals surface area contributed by atoms with Crippen LogP contribution in [-0.2, 0) is 6.54 Å². The number of aromatic nitrogens is 5. The van der Waals surface area contributed by atoms with Crippen molar-refractivity contribution in [1.82, 2.24) is 24.3 Å². The summed E-state index contributed by atoms with van der Waals surface area (Å²) in [6.45, 7) is 7.70. The normalized spacial score (nSPS) is 11.3. The highest BCUT2D eigenvalue weighted by Crippen LogP contribution is 2.17. The zero-order valence-electron chi connectivity index (χ0n) is 16.3. The van der Waals surface area contributed by atoms with Gasteiger partial charge < -0.3 is 4.98 Å². The fourth-order valence-corrected chi connectivity index (χ4v) is 3.58. The molecule has 28 heavy (non-hydrogen) atoms. The Morgan fingerprint density at radius 1 is 1.07 bits per heavy atom. The lowest BCUT2D eigenvalue weighted by Gasteiger charge is -2.07. The summed E-state index contributed by atoms with van der Waals surface area (Å²) in [6, 6.07) is 7.86. The van der Waals surface area contributed by atoms with Crippen molar-refractivity contribution in [2.24, 2.45) is 0 Å². The maximum Gasteiger partial charge on any atom is 0.264 e. The maximum absolute atomic E-state index is 12.9. The second kappa shape index (κ2) is 6.60. The van der Waals surface area contributed by atoms with Crippen LogP contribution in [0.5, 0.6) is 0 Å². The minimum Gasteiger partial charge on any atom is -0.362 e. The molecule has 0 fully saturated rings. The van der Waals surface area contributed by atoms with Crippen LogP contribution in [0.25, 0.3) is 16.7 Å². The van der Waals surface area contributed by atoms with E-state index >= 15 is 0 Å². The van der Waals surface area contributed by atoms with Crippen LogP contribution in [0.3, 0.4) is 0 Å². The number of H-pyrrole nitrogens is 1. The number of nitrogens with zero attached hydrogens (tertiary/aromatic N) is 4. The van der Waals surface area contributed by atoms with Crippen molar-refractivity contribution in [1.29, 1.82) is 0 Å². The summed E-state index contributed by atoms with van der Waals surface area (Å²) in [6.07, 6.45) is 2.92. The number of hydrogen-bond acceptors (Lipinski definition) is 4. The Bertz CT molecular complexity index is 1260. The first kappa shape index (κ1) is 17.9. The van der Waals surface area contributed by atoms with Gasteiger partial charge in [-0.1, -0.05) is 6.07 Å². The molecule has 0 amide bonds. The van der Waals surface area contributed by atoms with Gasteiger partial charge in [0.25, 0.3) is 5.56 Å². The number of ketones is 1. The molecule has 1 aromatic carbocycles. The molecule has 0 saturated carbocycles. The summed E-state index contributed by atoms with van der Waals surface area (Å²) in [5.41, 5.74) is 5.57. The molecule has 0 aliphatic heterocycles. The summed E-state index contributed by atoms with van der Waals surface area (Å²) >= 11 is 0. The van der Waals surface area contributed by atoms with Gasteiger partial charge in [0.05, 0.1) is 18.4 Å². The Hall–Kier alpha value is -3.48. The number of benzene rings is 1. The Labute approximate surface area is 161 Å². The summed E-state index contributed by atoms with van der Waals surface area (Å²) in [5, 5.41) is 4.74. The van der Waals surface area contributed by atoms with Crippen LogP contribution in [0.4, 0.5) is 0 Å². The number of carbonyl (C=O) groups is 1. The minimum atomic E-state index is -0.279. The first-order valence-corrected chi connectivity index (χ1v) is 9.05. The molecular formula is C21H21N5O2. The highest BCUT2D eigenvalue weighted by Gasteiger charge is 2.16. The van der Waals surface area contributed by atoms with Crippen molar-refractivity contribution >= 4 is 16.8 Å². The molecule has 4 rings (SSSR count). The third-order valence-electron chi connectivity index (χ3n) is 4.77. The van der Waals surface area contributed by atoms with Crippen LogP contribution >= 0.6 is 0 Å². The Balaban J connectivity index is 1.73. The first-order chi connectivity index (χ1) is 13.3. The van der Waals surface area contributed by atoms with Crippen LogP contribution in [0.1, 0.15) is 32.9 Å². The SMILES string of the molecule is Cc1cc(C)cc(-n2ncc3c(=O)n(CC(=O)c4cc(C)[nH]c4C)cnc32)c1. The Morgan fingerprint density at radius 3 is 2.43 bits per heavy atom. The highest BCUT2D eigenvalue weighted by molar-refractivity contribution is 5.97. The summed E-state index contributed by atoms with van der Waals surface area (Å²) < 4.78 is 2.99. The summed E-state index contributed by atoms with van der Waals surface area (Å²) in [5.74, 6) is -0.133. The second-order valence-electron chi connectivity index (χ2n) is 7.23. The average molecular weight is 375 g/mol. The molecule has 3 heterocycles. The van der Waals surface area contributed by atoms with E-state index in [-0.39, 0.29) is 17.9 Å². The quantitative estimate of drug-likeness (QED) is 0.556. The van der Waals surface area contributed by atoms with Crippen molar-refractivity contribution in [3.05, 3.63) is 75.2 Å². The van der Waals surface area contributed by atoms with E-state index < -0.39 is 0 Å². The van der Waals surface area contributed by atoms with Gasteiger partial charge in [-0.05, 0) is 57.0 Å². The van der Waals surface area contributed by atoms with Crippen molar-refractivity contribution in [3.8, 4) is 5.69 Å². The topological polar surface area (TPSA) is 85.6 Å². The van der Waals surface area contributed by atoms with Crippen molar-refractivity contribution in [2.75, 3.05) is 0 Å². The minimum absolute atomic E-state index is 0.0609. The van der Waals surface area contributed by atoms with Gasteiger partial charge in [0, 0.05) is 17.0 Å². The molecule has 7 nitrogen and oxygen atoms in total. The van der Waals surface area contributed by atoms with Gasteiger partial charge in [0.1, 0.15) is 11.7 Å². The predicted octanol–water partition coefficient (Wildman–Crippen LogP) is 3.03. The van der Waals surface area contributed by atoms with Crippen LogP contribution in [-0.4, -0.2) is 30.1 Å². The molecule has 0 atom stereocenters. The summed E-state index contributed by atoms with van der Waals surface area (Å²) in [7, 11) is 0. The molecule has 3 aromatic heterocycles. The molecule has 0 saturated heterocycles. The molecule has 0 unspecified atom stereocenters. The second-order valence-corrected chi connectivity index (χ2v) is 7.23. The van der Waals surface area contributed by atoms with Gasteiger partial charge in [0.2, 0.25) is 0 Å². The molecule has 0 bridgehead atoms. The van der Waals surface area contributed by atoms with Crippen LogP contribution in [0.2, 0.25) is 0 Å². The molecule has 0 radical (unpaired) electrons. The maximum atomic E-state index is 12.9. The summed E-state index contributed by atoms with van der Waals surface area (Å²) in [4.78, 5) is 33.0. The number of hydrogen-bond donors (Lipinski definition) is 1. The highest BCUT2D eigenvalue weighted by atomic mass is 16.1. The Kier molecular flexibility index (Phi) is 4.22. The average Bonchev–Trinajstić information content (AvgIpc) is 3.19. The van der Waals surface area contributed by atoms with Crippen LogP contribution < -0.4 is 5.56 Å². The van der Waals surface area contributed by atoms with E-state index in [9.17, 15) is 9.59 Å². The molecule has 142 valence electrons. The van der Waals surface area contributed by atoms with Gasteiger partial charge in [-0.25, -0.2) is 9.67 Å². The lowest BCUT2D eigenvalue weighted by molar-refractivity contribution is 0.0970. The largest absolute Gasteiger partial charge is 0.362 e. The lowest BCUT2D eigenvalue weighted by atomic mass is 10.1. The van der Waals surface area contributed by atoms with E-state index in [4.69, 9.17) is 0 Å². The molecule has 0 aliphatic rings. The smallest absolute Gasteiger partial charge is 0.264 e. The van der Waals surface area contributed by atoms with E-state index in [1.165, 1.54) is 17.1 Å². The van der Waals surface area contributed by atoms with Gasteiger partial charge in [-0.15, -0.1) is 0 Å². The lowest BCUT2D eigenvalue weighted by Crippen LogP contribution is -2.24. The molecule has 1 N–H and O–H groups in total. The standard InChI is InChI=1S/C21H21N5O2/c1-12-5-13(2)7-16(6-12)26-20-18(9-23-26)21(28)25(11-22-20)10-19(27)17-8-14(3)24-15(17)4/h5-9,11,24H,10H2,1-4H3. The molecule has 0 spiro atoms. The molecule has 7 heteroatoms. The van der Waals surface area contributed by atoms with Crippen LogP contribution in [0, 0.1) is 27.7 Å². The molecule has 0 aliphatic carbocycles. The van der Waals surface area contributed by atoms with Gasteiger partial charge >= 0.3 is 0 Å². The van der Waals surface area contributed by atoms with Gasteiger partial charge in [-0.3, -0.25) is 14.2 Å². The van der Waals surface area contributed by atoms with E-state index in [1.807, 2.05) is 39.8 Å². The van der Waals surface area contributed by atoms with Crippen molar-refractivity contribution in [2.45, 2.75) is 34.2 Å². The third kappa shape index (κ3) is 3.05. The van der Waals surface area contributed by atoms with E-state index in [1.54, 1.807) is 10.7 Å². The third-order valence-corrected chi connectivity index (χ3v) is 4.77. The van der Waals surface area contributed by atoms with Crippen molar-refractivity contribution in [3.63, 3.8) is 0 Å². The number of rotatable bonds is 4. The van der Waals surface area contributed by atoms with Gasteiger partial charge in [0.15, 0.2) is 11.4 Å². The fourth-order valence-electron chi connectivity index (χ4n) is 3.58. The first-order valence-electron chi connectivity index (χ1n) is 9.05. The molecule has 4 aromatic rings. The predicted molar refractivity (Wildman–Crippen MR) is 107 cm³/mol. The number of Topliss-reactive ketones (excluding diaryl/α,β-unsaturated/α-hetero) is 1. The van der Waals surface area contributed by atoms with E-state index in [2.05, 4.69) is 21.1 Å². The number of aromatic amines is 1. The van der Waals surface area contributed by atoms with Gasteiger partial charge in [-0.2, -0.15) is 5.10 Å². The van der Waals surface area contributed by atoms with Crippen LogP contribution in [0.15, 0.2) is 41.6 Å². The van der Waals surface area contributed by atoms with Crippen molar-refractivity contribution < 1.29 is 4.79 Å². The molecular weight excluding hydrogens is 354 g/mol. The fraction of sp³-hybridized carbons (Fsp3) is 0.238. The zero-order valence-corrected chi connectivity index (χ0v) is 16.3. The monoisotopic (exact) mass is 375 g/mol. The van der Waals surface area contributed by atoms with E-state index in [0.717, 1.165) is 28.2 Å². The number of nitrogens with one attached hydrogen (secondary N) is 1. The number of fused-ring (bicyclic) bond motifs is 1. The van der Waals surface area contributed by atoms with E-state index in [0.29, 0.717) is 16.6 Å². The zero-order chi connectivity index (χ0) is 20.0. The number of carbonyl (C=O) groups excluding carboxylic acids is 1. The number of aryl methyl sites for hydroxylation is 4.